The van der Waals surface area contributed by atoms with Gasteiger partial charge in [0.2, 0.25) is 0 Å². The van der Waals surface area contributed by atoms with E-state index in [0.717, 1.165) is 19.6 Å². The molecular formula is C17H31N3O4S. The zero-order valence-electron chi connectivity index (χ0n) is 15.4. The van der Waals surface area contributed by atoms with E-state index in [9.17, 15) is 9.00 Å². The van der Waals surface area contributed by atoms with E-state index in [0.29, 0.717) is 57.1 Å². The van der Waals surface area contributed by atoms with E-state index in [2.05, 4.69) is 16.6 Å². The zero-order valence-corrected chi connectivity index (χ0v) is 16.2. The largest absolute Gasteiger partial charge is 0.380 e. The summed E-state index contributed by atoms with van der Waals surface area (Å²) in [6.07, 6.45) is 2.44. The smallest absolute Gasteiger partial charge is 0.317 e. The summed E-state index contributed by atoms with van der Waals surface area (Å²) in [5, 5.41) is 3.08. The van der Waals surface area contributed by atoms with Crippen LogP contribution < -0.4 is 5.32 Å². The highest BCUT2D eigenvalue weighted by Crippen LogP contribution is 2.33. The van der Waals surface area contributed by atoms with Crippen molar-refractivity contribution in [2.45, 2.75) is 38.7 Å². The fraction of sp³-hybridized carbons (Fsp3) is 0.941. The van der Waals surface area contributed by atoms with Gasteiger partial charge in [0.1, 0.15) is 0 Å². The molecule has 0 aliphatic carbocycles. The second-order valence-electron chi connectivity index (χ2n) is 7.58. The lowest BCUT2D eigenvalue weighted by atomic mass is 9.83. The van der Waals surface area contributed by atoms with Crippen molar-refractivity contribution in [2.75, 3.05) is 57.5 Å². The molecule has 0 unspecified atom stereocenters. The first-order valence-electron chi connectivity index (χ1n) is 9.37. The third kappa shape index (κ3) is 4.11. The Kier molecular flexibility index (Phi) is 5.60. The molecule has 0 aromatic carbocycles. The maximum absolute atomic E-state index is 12.6. The molecule has 3 saturated heterocycles. The molecule has 3 rings (SSSR count). The first kappa shape index (κ1) is 18.9. The predicted octanol–water partition coefficient (Wildman–Crippen LogP) is 1.48. The predicted molar refractivity (Wildman–Crippen MR) is 97.3 cm³/mol. The van der Waals surface area contributed by atoms with E-state index < -0.39 is 9.73 Å². The van der Waals surface area contributed by atoms with Gasteiger partial charge in [-0.25, -0.2) is 13.4 Å². The number of carbonyl (C=O) groups is 1. The summed E-state index contributed by atoms with van der Waals surface area (Å²) in [4.78, 5) is 14.5. The minimum absolute atomic E-state index is 0.0213. The molecule has 25 heavy (non-hydrogen) atoms. The molecule has 1 N–H and O–H groups in total. The first-order chi connectivity index (χ1) is 11.9. The molecule has 8 heteroatoms. The Morgan fingerprint density at radius 3 is 2.56 bits per heavy atom. The topological polar surface area (TPSA) is 80.2 Å². The molecule has 144 valence electrons. The van der Waals surface area contributed by atoms with Crippen LogP contribution in [0.4, 0.5) is 4.79 Å². The van der Waals surface area contributed by atoms with E-state index in [1.165, 1.54) is 0 Å². The summed E-state index contributed by atoms with van der Waals surface area (Å²) < 4.78 is 28.3. The van der Waals surface area contributed by atoms with Crippen LogP contribution in [0.1, 0.15) is 33.1 Å². The summed E-state index contributed by atoms with van der Waals surface area (Å²) in [6, 6.07) is -0.0213. The summed E-state index contributed by atoms with van der Waals surface area (Å²) >= 11 is 0. The van der Waals surface area contributed by atoms with Gasteiger partial charge >= 0.3 is 6.03 Å². The van der Waals surface area contributed by atoms with Crippen molar-refractivity contribution in [3.8, 4) is 0 Å². The number of urea groups is 1. The summed E-state index contributed by atoms with van der Waals surface area (Å²) in [6.45, 7) is 8.52. The van der Waals surface area contributed by atoms with E-state index in [1.807, 2.05) is 11.8 Å². The zero-order chi connectivity index (χ0) is 18.0. The van der Waals surface area contributed by atoms with Crippen LogP contribution in [0.25, 0.3) is 0 Å². The van der Waals surface area contributed by atoms with Gasteiger partial charge in [-0.05, 0) is 26.2 Å². The molecule has 0 bridgehead atoms. The van der Waals surface area contributed by atoms with Gasteiger partial charge in [0.15, 0.2) is 0 Å². The highest BCUT2D eigenvalue weighted by Gasteiger charge is 2.43. The maximum atomic E-state index is 12.6. The fourth-order valence-electron chi connectivity index (χ4n) is 3.80. The highest BCUT2D eigenvalue weighted by atomic mass is 32.2. The molecule has 2 amide bonds. The van der Waals surface area contributed by atoms with Crippen LogP contribution >= 0.6 is 0 Å². The summed E-state index contributed by atoms with van der Waals surface area (Å²) in [7, 11) is -2.07. The van der Waals surface area contributed by atoms with Crippen molar-refractivity contribution in [3.63, 3.8) is 0 Å². The molecule has 3 aliphatic rings. The van der Waals surface area contributed by atoms with E-state index in [-0.39, 0.29) is 17.0 Å². The maximum Gasteiger partial charge on any atom is 0.317 e. The van der Waals surface area contributed by atoms with Crippen LogP contribution in [0.3, 0.4) is 0 Å². The Hall–Kier alpha value is -0.860. The molecule has 1 spiro atoms. The number of amides is 2. The number of ether oxygens (including phenoxy) is 2. The van der Waals surface area contributed by atoms with Crippen molar-refractivity contribution < 1.29 is 18.5 Å². The Bertz CT molecular complexity index is 592. The van der Waals surface area contributed by atoms with E-state index in [1.54, 1.807) is 0 Å². The molecule has 0 aromatic rings. The van der Waals surface area contributed by atoms with Crippen LogP contribution in [0.5, 0.6) is 0 Å². The Morgan fingerprint density at radius 2 is 2.00 bits per heavy atom. The van der Waals surface area contributed by atoms with Gasteiger partial charge in [-0.15, -0.1) is 0 Å². The minimum Gasteiger partial charge on any atom is -0.380 e. The summed E-state index contributed by atoms with van der Waals surface area (Å²) in [5.41, 5.74) is -0.237. The molecule has 3 aliphatic heterocycles. The number of hydrogen-bond donors (Lipinski definition) is 1. The number of nitrogens with one attached hydrogen (secondary N) is 1. The van der Waals surface area contributed by atoms with Crippen LogP contribution in [0.2, 0.25) is 0 Å². The minimum atomic E-state index is -2.07. The third-order valence-corrected chi connectivity index (χ3v) is 8.25. The van der Waals surface area contributed by atoms with E-state index in [4.69, 9.17) is 9.47 Å². The van der Waals surface area contributed by atoms with Crippen LogP contribution in [0.15, 0.2) is 4.36 Å². The number of carbonyl (C=O) groups excluding carboxylic acids is 1. The monoisotopic (exact) mass is 373 g/mol. The molecule has 3 fully saturated rings. The standard InChI is InChI=1S/C17H31N3O4S/c1-3-16(13-23-14-16)11-18-15(21)20-7-8-24-17(12-20)5-9-25(22,10-6-17)19-4-2/h3-14H2,1-2H3,(H,18,21). The van der Waals surface area contributed by atoms with Crippen LogP contribution in [0, 0.1) is 5.41 Å². The molecule has 0 radical (unpaired) electrons. The number of nitrogens with zero attached hydrogens (tertiary/aromatic N) is 2. The SMILES string of the molecule is CCN=S1(=O)CCC2(CC1)CN(C(=O)NCC1(CC)COC1)CCO2. The van der Waals surface area contributed by atoms with Gasteiger partial charge in [-0.2, -0.15) is 0 Å². The normalized spacial score (nSPS) is 34.4. The van der Waals surface area contributed by atoms with Gasteiger partial charge < -0.3 is 19.7 Å². The van der Waals surface area contributed by atoms with Crippen molar-refractivity contribution in [2.24, 2.45) is 9.78 Å². The first-order valence-corrected chi connectivity index (χ1v) is 11.2. The number of hydrogen-bond acceptors (Lipinski definition) is 5. The Labute approximate surface area is 151 Å². The molecule has 0 aromatic heterocycles. The molecule has 0 saturated carbocycles. The Balaban J connectivity index is 1.55. The lowest BCUT2D eigenvalue weighted by Gasteiger charge is -2.46. The number of morpholine rings is 1. The molecule has 3 heterocycles. The molecule has 7 nitrogen and oxygen atoms in total. The van der Waals surface area contributed by atoms with Gasteiger partial charge in [-0.3, -0.25) is 0 Å². The lowest BCUT2D eigenvalue weighted by molar-refractivity contribution is -0.114. The van der Waals surface area contributed by atoms with Gasteiger partial charge in [0.25, 0.3) is 0 Å². The average molecular weight is 374 g/mol. The van der Waals surface area contributed by atoms with Crippen LogP contribution in [-0.2, 0) is 19.2 Å². The van der Waals surface area contributed by atoms with Crippen molar-refractivity contribution >= 4 is 15.8 Å². The van der Waals surface area contributed by atoms with Crippen molar-refractivity contribution in [1.29, 1.82) is 0 Å². The fourth-order valence-corrected chi connectivity index (χ4v) is 6.11. The van der Waals surface area contributed by atoms with E-state index >= 15 is 0 Å². The van der Waals surface area contributed by atoms with Crippen LogP contribution in [-0.4, -0.2) is 78.2 Å². The van der Waals surface area contributed by atoms with Crippen molar-refractivity contribution in [1.82, 2.24) is 10.2 Å². The molecule has 0 atom stereocenters. The average Bonchev–Trinajstić information content (AvgIpc) is 2.58. The Morgan fingerprint density at radius 1 is 1.28 bits per heavy atom. The van der Waals surface area contributed by atoms with Crippen molar-refractivity contribution in [3.05, 3.63) is 0 Å². The third-order valence-electron chi connectivity index (χ3n) is 5.83. The summed E-state index contributed by atoms with van der Waals surface area (Å²) in [5.74, 6) is 1.15. The molecular weight excluding hydrogens is 342 g/mol. The lowest BCUT2D eigenvalue weighted by Crippen LogP contribution is -2.59. The quantitative estimate of drug-likeness (QED) is 0.809. The van der Waals surface area contributed by atoms with Gasteiger partial charge in [0.05, 0.1) is 32.0 Å². The highest BCUT2D eigenvalue weighted by molar-refractivity contribution is 7.93. The van der Waals surface area contributed by atoms with Gasteiger partial charge in [0, 0.05) is 46.3 Å². The second-order valence-corrected chi connectivity index (χ2v) is 10.2. The number of rotatable bonds is 4. The van der Waals surface area contributed by atoms with Gasteiger partial charge in [-0.1, -0.05) is 6.92 Å². The second kappa shape index (κ2) is 7.40.